The van der Waals surface area contributed by atoms with Crippen LogP contribution in [0.25, 0.3) is 0 Å². The first-order valence-electron chi connectivity index (χ1n) is 3.53. The lowest BCUT2D eigenvalue weighted by Gasteiger charge is -1.98. The summed E-state index contributed by atoms with van der Waals surface area (Å²) in [5, 5.41) is 10.6. The molecule has 1 aromatic rings. The van der Waals surface area contributed by atoms with Gasteiger partial charge in [-0.15, -0.1) is 5.10 Å². The first-order chi connectivity index (χ1) is 4.80. The van der Waals surface area contributed by atoms with E-state index < -0.39 is 0 Å². The van der Waals surface area contributed by atoms with E-state index in [4.69, 9.17) is 0 Å². The van der Waals surface area contributed by atoms with Crippen LogP contribution in [0.2, 0.25) is 0 Å². The summed E-state index contributed by atoms with van der Waals surface area (Å²) < 4.78 is 1.69. The van der Waals surface area contributed by atoms with Gasteiger partial charge in [-0.1, -0.05) is 13.8 Å². The summed E-state index contributed by atoms with van der Waals surface area (Å²) in [6.45, 7) is 8.05. The summed E-state index contributed by atoms with van der Waals surface area (Å²) in [6, 6.07) is 0.366. The van der Waals surface area contributed by atoms with Crippen LogP contribution in [0.15, 0.2) is 6.33 Å². The molecular formula is C6H14N4. The van der Waals surface area contributed by atoms with Crippen molar-refractivity contribution in [2.45, 2.75) is 33.7 Å². The molecule has 0 spiro atoms. The Morgan fingerprint density at radius 1 is 1.30 bits per heavy atom. The van der Waals surface area contributed by atoms with Crippen LogP contribution >= 0.6 is 0 Å². The molecule has 0 aromatic carbocycles. The Morgan fingerprint density at radius 3 is 2.10 bits per heavy atom. The van der Waals surface area contributed by atoms with Crippen LogP contribution in [0.1, 0.15) is 33.7 Å². The van der Waals surface area contributed by atoms with Crippen LogP contribution in [0, 0.1) is 0 Å². The molecule has 0 unspecified atom stereocenters. The van der Waals surface area contributed by atoms with Gasteiger partial charge in [0.05, 0.1) is 0 Å². The van der Waals surface area contributed by atoms with E-state index in [9.17, 15) is 0 Å². The quantitative estimate of drug-likeness (QED) is 0.593. The van der Waals surface area contributed by atoms with Crippen molar-refractivity contribution in [3.05, 3.63) is 6.33 Å². The Kier molecular flexibility index (Phi) is 4.45. The Balaban J connectivity index is 0.000000371. The molecule has 0 amide bonds. The molecule has 0 radical (unpaired) electrons. The van der Waals surface area contributed by atoms with Crippen molar-refractivity contribution in [1.82, 2.24) is 20.2 Å². The summed E-state index contributed by atoms with van der Waals surface area (Å²) in [4.78, 5) is 0. The largest absolute Gasteiger partial charge is 0.230 e. The zero-order chi connectivity index (χ0) is 7.98. The summed E-state index contributed by atoms with van der Waals surface area (Å²) in [5.74, 6) is 0. The zero-order valence-corrected chi connectivity index (χ0v) is 6.94. The third-order valence-electron chi connectivity index (χ3n) is 0.894. The molecule has 0 aliphatic rings. The third kappa shape index (κ3) is 2.57. The monoisotopic (exact) mass is 142 g/mol. The van der Waals surface area contributed by atoms with Gasteiger partial charge >= 0.3 is 0 Å². The smallest absolute Gasteiger partial charge is 0.138 e. The van der Waals surface area contributed by atoms with Gasteiger partial charge in [-0.25, -0.2) is 4.68 Å². The van der Waals surface area contributed by atoms with Gasteiger partial charge in [-0.05, 0) is 24.3 Å². The van der Waals surface area contributed by atoms with E-state index in [1.165, 1.54) is 0 Å². The summed E-state index contributed by atoms with van der Waals surface area (Å²) in [5.41, 5.74) is 0. The predicted molar refractivity (Wildman–Crippen MR) is 39.6 cm³/mol. The van der Waals surface area contributed by atoms with E-state index in [2.05, 4.69) is 15.5 Å². The molecule has 4 nitrogen and oxygen atoms in total. The van der Waals surface area contributed by atoms with Crippen LogP contribution in [0.5, 0.6) is 0 Å². The van der Waals surface area contributed by atoms with Gasteiger partial charge in [0.15, 0.2) is 0 Å². The Morgan fingerprint density at radius 2 is 1.90 bits per heavy atom. The molecule has 1 aromatic heterocycles. The lowest BCUT2D eigenvalue weighted by Crippen LogP contribution is -2.00. The molecule has 0 bridgehead atoms. The van der Waals surface area contributed by atoms with Gasteiger partial charge in [0.25, 0.3) is 0 Å². The molecule has 0 aliphatic heterocycles. The van der Waals surface area contributed by atoms with Gasteiger partial charge in [0.2, 0.25) is 0 Å². The number of hydrogen-bond donors (Lipinski definition) is 0. The van der Waals surface area contributed by atoms with Crippen LogP contribution in [0.3, 0.4) is 0 Å². The summed E-state index contributed by atoms with van der Waals surface area (Å²) in [7, 11) is 0. The molecule has 10 heavy (non-hydrogen) atoms. The maximum Gasteiger partial charge on any atom is 0.138 e. The van der Waals surface area contributed by atoms with Crippen LogP contribution in [-0.2, 0) is 0 Å². The van der Waals surface area contributed by atoms with E-state index in [0.29, 0.717) is 6.04 Å². The molecule has 0 N–H and O–H groups in total. The lowest BCUT2D eigenvalue weighted by molar-refractivity contribution is 0.514. The molecule has 1 rings (SSSR count). The van der Waals surface area contributed by atoms with Crippen LogP contribution < -0.4 is 0 Å². The highest BCUT2D eigenvalue weighted by Gasteiger charge is 1.94. The minimum Gasteiger partial charge on any atom is -0.230 e. The molecule has 0 saturated heterocycles. The van der Waals surface area contributed by atoms with Gasteiger partial charge in [0.1, 0.15) is 6.33 Å². The van der Waals surface area contributed by atoms with Crippen LogP contribution in [0.4, 0.5) is 0 Å². The lowest BCUT2D eigenvalue weighted by atomic mass is 10.4. The number of rotatable bonds is 1. The van der Waals surface area contributed by atoms with Crippen molar-refractivity contribution in [3.63, 3.8) is 0 Å². The van der Waals surface area contributed by atoms with Gasteiger partial charge in [0, 0.05) is 6.04 Å². The van der Waals surface area contributed by atoms with Crippen molar-refractivity contribution in [3.8, 4) is 0 Å². The first-order valence-corrected chi connectivity index (χ1v) is 3.53. The third-order valence-corrected chi connectivity index (χ3v) is 0.894. The second kappa shape index (κ2) is 4.90. The van der Waals surface area contributed by atoms with Crippen molar-refractivity contribution >= 4 is 0 Å². The van der Waals surface area contributed by atoms with Gasteiger partial charge < -0.3 is 0 Å². The Labute approximate surface area is 61.2 Å². The van der Waals surface area contributed by atoms with Crippen molar-refractivity contribution in [2.24, 2.45) is 0 Å². The summed E-state index contributed by atoms with van der Waals surface area (Å²) in [6.07, 6.45) is 1.60. The van der Waals surface area contributed by atoms with Crippen molar-refractivity contribution in [2.75, 3.05) is 0 Å². The van der Waals surface area contributed by atoms with Crippen molar-refractivity contribution < 1.29 is 0 Å². The maximum absolute atomic E-state index is 3.67. The fourth-order valence-corrected chi connectivity index (χ4v) is 0.405. The van der Waals surface area contributed by atoms with E-state index >= 15 is 0 Å². The normalized spacial score (nSPS) is 8.90. The predicted octanol–water partition coefficient (Wildman–Crippen LogP) is 1.28. The summed E-state index contributed by atoms with van der Waals surface area (Å²) >= 11 is 0. The molecule has 0 fully saturated rings. The topological polar surface area (TPSA) is 43.6 Å². The molecule has 0 aliphatic carbocycles. The molecule has 0 atom stereocenters. The zero-order valence-electron chi connectivity index (χ0n) is 6.94. The van der Waals surface area contributed by atoms with Crippen molar-refractivity contribution in [1.29, 1.82) is 0 Å². The molecule has 4 heteroatoms. The second-order valence-electron chi connectivity index (χ2n) is 1.88. The fourth-order valence-electron chi connectivity index (χ4n) is 0.405. The fraction of sp³-hybridized carbons (Fsp3) is 0.833. The maximum atomic E-state index is 3.67. The average Bonchev–Trinajstić information content (AvgIpc) is 2.42. The highest BCUT2D eigenvalue weighted by atomic mass is 15.5. The standard InChI is InChI=1S/C4H8N4.C2H6/c1-4(2)8-3-5-6-7-8;1-2/h3-4H,1-2H3;1-2H3. The molecular weight excluding hydrogens is 128 g/mol. The molecule has 1 heterocycles. The van der Waals surface area contributed by atoms with Gasteiger partial charge in [-0.2, -0.15) is 0 Å². The van der Waals surface area contributed by atoms with E-state index in [-0.39, 0.29) is 0 Å². The van der Waals surface area contributed by atoms with E-state index in [0.717, 1.165) is 0 Å². The van der Waals surface area contributed by atoms with E-state index in [1.54, 1.807) is 11.0 Å². The van der Waals surface area contributed by atoms with Crippen LogP contribution in [-0.4, -0.2) is 20.2 Å². The SMILES string of the molecule is CC.CC(C)n1cnnn1. The Hall–Kier alpha value is -0.930. The average molecular weight is 142 g/mol. The number of hydrogen-bond acceptors (Lipinski definition) is 3. The minimum absolute atomic E-state index is 0.366. The Bertz CT molecular complexity index is 145. The van der Waals surface area contributed by atoms with E-state index in [1.807, 2.05) is 27.7 Å². The second-order valence-corrected chi connectivity index (χ2v) is 1.88. The highest BCUT2D eigenvalue weighted by Crippen LogP contribution is 1.95. The minimum atomic E-state index is 0.366. The number of nitrogens with zero attached hydrogens (tertiary/aromatic N) is 4. The number of aromatic nitrogens is 4. The molecule has 0 saturated carbocycles. The van der Waals surface area contributed by atoms with Gasteiger partial charge in [-0.3, -0.25) is 0 Å². The molecule has 58 valence electrons. The number of tetrazole rings is 1. The highest BCUT2D eigenvalue weighted by molar-refractivity contribution is 4.52. The first kappa shape index (κ1) is 9.07.